The summed E-state index contributed by atoms with van der Waals surface area (Å²) in [7, 11) is 1.77. The summed E-state index contributed by atoms with van der Waals surface area (Å²) in [6.07, 6.45) is 3.08. The highest BCUT2D eigenvalue weighted by Gasteiger charge is 2.49. The van der Waals surface area contributed by atoms with Crippen molar-refractivity contribution in [3.8, 4) is 0 Å². The van der Waals surface area contributed by atoms with Crippen LogP contribution < -0.4 is 15.1 Å². The highest BCUT2D eigenvalue weighted by Crippen LogP contribution is 2.41. The first-order valence-electron chi connectivity index (χ1n) is 10.5. The summed E-state index contributed by atoms with van der Waals surface area (Å²) in [6.45, 7) is 4.49. The van der Waals surface area contributed by atoms with Crippen molar-refractivity contribution in [2.75, 3.05) is 35.3 Å². The van der Waals surface area contributed by atoms with Gasteiger partial charge in [0.15, 0.2) is 0 Å². The number of benzene rings is 2. The van der Waals surface area contributed by atoms with Crippen molar-refractivity contribution in [1.82, 2.24) is 0 Å². The number of hydrogen-bond acceptors (Lipinski definition) is 3. The number of nitrogens with zero attached hydrogens (tertiary/aromatic N) is 2. The zero-order valence-electron chi connectivity index (χ0n) is 17.2. The van der Waals surface area contributed by atoms with Gasteiger partial charge in [0.05, 0.1) is 11.8 Å². The summed E-state index contributed by atoms with van der Waals surface area (Å²) < 4.78 is 0. The first kappa shape index (κ1) is 19.5. The number of rotatable bonds is 5. The Morgan fingerprint density at radius 2 is 1.62 bits per heavy atom. The van der Waals surface area contributed by atoms with E-state index in [1.807, 2.05) is 42.5 Å². The molecule has 0 aromatic heterocycles. The molecule has 152 valence electrons. The van der Waals surface area contributed by atoms with Gasteiger partial charge in [0.2, 0.25) is 11.8 Å². The van der Waals surface area contributed by atoms with Gasteiger partial charge in [0, 0.05) is 37.2 Å². The highest BCUT2D eigenvalue weighted by atomic mass is 16.2. The van der Waals surface area contributed by atoms with E-state index < -0.39 is 0 Å². The average Bonchev–Trinajstić information content (AvgIpc) is 3.56. The van der Waals surface area contributed by atoms with E-state index in [0.29, 0.717) is 6.42 Å². The molecule has 2 aromatic rings. The molecule has 29 heavy (non-hydrogen) atoms. The van der Waals surface area contributed by atoms with Crippen LogP contribution in [0, 0.1) is 17.8 Å². The summed E-state index contributed by atoms with van der Waals surface area (Å²) in [5.41, 5.74) is 2.85. The maximum atomic E-state index is 12.7. The fourth-order valence-corrected chi connectivity index (χ4v) is 4.04. The highest BCUT2D eigenvalue weighted by molar-refractivity contribution is 6.04. The van der Waals surface area contributed by atoms with E-state index in [-0.39, 0.29) is 23.7 Å². The first-order valence-corrected chi connectivity index (χ1v) is 10.5. The molecule has 2 unspecified atom stereocenters. The Balaban J connectivity index is 1.30. The molecular weight excluding hydrogens is 362 g/mol. The Kier molecular flexibility index (Phi) is 5.56. The van der Waals surface area contributed by atoms with Crippen LogP contribution in [0.25, 0.3) is 0 Å². The number of carbonyl (C=O) groups is 2. The number of piperidine rings is 1. The Labute approximate surface area is 172 Å². The fraction of sp³-hybridized carbons (Fsp3) is 0.417. The molecule has 1 saturated carbocycles. The molecule has 5 heteroatoms. The maximum Gasteiger partial charge on any atom is 0.230 e. The van der Waals surface area contributed by atoms with Crippen molar-refractivity contribution in [2.24, 2.45) is 17.8 Å². The predicted octanol–water partition coefficient (Wildman–Crippen LogP) is 4.16. The number of hydrogen-bond donors (Lipinski definition) is 1. The third-order valence-electron chi connectivity index (χ3n) is 6.20. The van der Waals surface area contributed by atoms with Crippen LogP contribution in [0.5, 0.6) is 0 Å². The lowest BCUT2D eigenvalue weighted by Gasteiger charge is -2.32. The van der Waals surface area contributed by atoms with Gasteiger partial charge >= 0.3 is 0 Å². The smallest absolute Gasteiger partial charge is 0.230 e. The van der Waals surface area contributed by atoms with Gasteiger partial charge in [-0.05, 0) is 61.6 Å². The third kappa shape index (κ3) is 4.44. The normalized spacial score (nSPS) is 21.5. The second kappa shape index (κ2) is 8.27. The molecule has 4 rings (SSSR count). The Morgan fingerprint density at radius 3 is 2.28 bits per heavy atom. The minimum absolute atomic E-state index is 0.00558. The number of anilines is 3. The van der Waals surface area contributed by atoms with E-state index in [1.165, 1.54) is 18.5 Å². The van der Waals surface area contributed by atoms with Crippen molar-refractivity contribution < 1.29 is 9.59 Å². The number of amides is 2. The molecule has 1 saturated heterocycles. The molecule has 2 fully saturated rings. The quantitative estimate of drug-likeness (QED) is 0.833. The Hall–Kier alpha value is -2.82. The maximum absolute atomic E-state index is 12.7. The van der Waals surface area contributed by atoms with Gasteiger partial charge in [0.25, 0.3) is 0 Å². The van der Waals surface area contributed by atoms with Crippen LogP contribution in [0.15, 0.2) is 54.6 Å². The lowest BCUT2D eigenvalue weighted by atomic mass is 9.99. The molecule has 2 amide bonds. The van der Waals surface area contributed by atoms with E-state index in [2.05, 4.69) is 29.3 Å². The molecule has 1 aliphatic carbocycles. The molecule has 5 nitrogen and oxygen atoms in total. The lowest BCUT2D eigenvalue weighted by molar-refractivity contribution is -0.123. The molecule has 0 radical (unpaired) electrons. The van der Waals surface area contributed by atoms with Crippen LogP contribution in [-0.2, 0) is 9.59 Å². The summed E-state index contributed by atoms with van der Waals surface area (Å²) in [4.78, 5) is 29.3. The van der Waals surface area contributed by atoms with Crippen LogP contribution in [0.1, 0.15) is 26.2 Å². The Morgan fingerprint density at radius 1 is 0.966 bits per heavy atom. The molecule has 2 atom stereocenters. The lowest BCUT2D eigenvalue weighted by Crippen LogP contribution is -2.32. The van der Waals surface area contributed by atoms with Crippen molar-refractivity contribution in [2.45, 2.75) is 26.2 Å². The van der Waals surface area contributed by atoms with Gasteiger partial charge < -0.3 is 15.1 Å². The zero-order valence-corrected chi connectivity index (χ0v) is 17.2. The monoisotopic (exact) mass is 391 g/mol. The van der Waals surface area contributed by atoms with Crippen molar-refractivity contribution in [1.29, 1.82) is 0 Å². The van der Waals surface area contributed by atoms with Crippen molar-refractivity contribution in [3.05, 3.63) is 54.6 Å². The molecule has 1 heterocycles. The van der Waals surface area contributed by atoms with Gasteiger partial charge in [-0.25, -0.2) is 0 Å². The summed E-state index contributed by atoms with van der Waals surface area (Å²) in [5.74, 6) is 0.280. The van der Waals surface area contributed by atoms with Crippen LogP contribution >= 0.6 is 0 Å². The van der Waals surface area contributed by atoms with E-state index in [9.17, 15) is 9.59 Å². The standard InChI is InChI=1S/C24H29N3O2/c1-17-12-14-27(15-13-17)20-10-8-18(9-11-20)25-23(28)21-16-22(21)24(29)26(2)19-6-4-3-5-7-19/h3-11,17,21-22H,12-16H2,1-2H3,(H,25,28). The molecule has 1 N–H and O–H groups in total. The molecule has 1 aliphatic heterocycles. The third-order valence-corrected chi connectivity index (χ3v) is 6.20. The van der Waals surface area contributed by atoms with Gasteiger partial charge in [-0.2, -0.15) is 0 Å². The predicted molar refractivity (Wildman–Crippen MR) is 117 cm³/mol. The topological polar surface area (TPSA) is 52.7 Å². The summed E-state index contributed by atoms with van der Waals surface area (Å²) in [5, 5.41) is 2.98. The first-order chi connectivity index (χ1) is 14.0. The van der Waals surface area contributed by atoms with E-state index in [4.69, 9.17) is 0 Å². The van der Waals surface area contributed by atoms with E-state index in [1.54, 1.807) is 11.9 Å². The van der Waals surface area contributed by atoms with Gasteiger partial charge in [-0.3, -0.25) is 9.59 Å². The Bertz CT molecular complexity index is 857. The van der Waals surface area contributed by atoms with Crippen molar-refractivity contribution in [3.63, 3.8) is 0 Å². The SMILES string of the molecule is CC1CCN(c2ccc(NC(=O)C3CC3C(=O)N(C)c3ccccc3)cc2)CC1. The molecule has 0 spiro atoms. The van der Waals surface area contributed by atoms with Gasteiger partial charge in [0.1, 0.15) is 0 Å². The van der Waals surface area contributed by atoms with Crippen LogP contribution in [-0.4, -0.2) is 32.0 Å². The molecule has 2 aliphatic rings. The van der Waals surface area contributed by atoms with Crippen LogP contribution in [0.4, 0.5) is 17.1 Å². The summed E-state index contributed by atoms with van der Waals surface area (Å²) >= 11 is 0. The van der Waals surface area contributed by atoms with Crippen LogP contribution in [0.2, 0.25) is 0 Å². The molecule has 0 bridgehead atoms. The number of carbonyl (C=O) groups excluding carboxylic acids is 2. The van der Waals surface area contributed by atoms with Crippen molar-refractivity contribution >= 4 is 28.9 Å². The number of nitrogens with one attached hydrogen (secondary N) is 1. The van der Waals surface area contributed by atoms with Crippen LogP contribution in [0.3, 0.4) is 0 Å². The van der Waals surface area contributed by atoms with Gasteiger partial charge in [-0.15, -0.1) is 0 Å². The molecular formula is C24H29N3O2. The van der Waals surface area contributed by atoms with Gasteiger partial charge in [-0.1, -0.05) is 25.1 Å². The zero-order chi connectivity index (χ0) is 20.4. The minimum atomic E-state index is -0.239. The molecule has 2 aromatic carbocycles. The summed E-state index contributed by atoms with van der Waals surface area (Å²) in [6, 6.07) is 17.6. The largest absolute Gasteiger partial charge is 0.372 e. The minimum Gasteiger partial charge on any atom is -0.372 e. The second-order valence-corrected chi connectivity index (χ2v) is 8.39. The van der Waals surface area contributed by atoms with E-state index in [0.717, 1.165) is 30.4 Å². The number of para-hydroxylation sites is 1. The second-order valence-electron chi connectivity index (χ2n) is 8.39. The fourth-order valence-electron chi connectivity index (χ4n) is 4.04. The van der Waals surface area contributed by atoms with E-state index >= 15 is 0 Å². The average molecular weight is 392 g/mol.